The molecule has 1 N–H and O–H groups in total. The molecule has 2 aromatic heterocycles. The van der Waals surface area contributed by atoms with Gasteiger partial charge in [0.2, 0.25) is 0 Å². The Labute approximate surface area is 118 Å². The van der Waals surface area contributed by atoms with E-state index in [2.05, 4.69) is 34.2 Å². The van der Waals surface area contributed by atoms with E-state index < -0.39 is 0 Å². The lowest BCUT2D eigenvalue weighted by molar-refractivity contribution is 0.526. The molecule has 0 amide bonds. The second-order valence-corrected chi connectivity index (χ2v) is 6.56. The Hall–Kier alpha value is -0.290. The molecule has 2 aromatic rings. The number of aryl methyl sites for hydroxylation is 1. The number of hydrogen-bond acceptors (Lipinski definition) is 3. The molecule has 2 nitrogen and oxygen atoms in total. The lowest BCUT2D eigenvalue weighted by Gasteiger charge is -2.14. The Kier molecular flexibility index (Phi) is 4.31. The third-order valence-electron chi connectivity index (χ3n) is 2.44. The van der Waals surface area contributed by atoms with Gasteiger partial charge in [0.25, 0.3) is 0 Å². The number of nitrogens with one attached hydrogen (secondary N) is 1. The first-order valence-electron chi connectivity index (χ1n) is 5.35. The lowest BCUT2D eigenvalue weighted by Crippen LogP contribution is -2.20. The molecule has 0 saturated carbocycles. The van der Waals surface area contributed by atoms with E-state index in [1.54, 1.807) is 17.6 Å². The molecule has 17 heavy (non-hydrogen) atoms. The van der Waals surface area contributed by atoms with E-state index in [0.717, 1.165) is 26.7 Å². The van der Waals surface area contributed by atoms with Crippen LogP contribution in [-0.4, -0.2) is 6.54 Å². The van der Waals surface area contributed by atoms with Gasteiger partial charge in [0.05, 0.1) is 21.1 Å². The van der Waals surface area contributed by atoms with Crippen molar-refractivity contribution in [1.82, 2.24) is 5.32 Å². The molecule has 0 spiro atoms. The molecule has 1 unspecified atom stereocenters. The van der Waals surface area contributed by atoms with Crippen LogP contribution in [0.15, 0.2) is 26.6 Å². The molecule has 0 bridgehead atoms. The van der Waals surface area contributed by atoms with Gasteiger partial charge in [-0.15, -0.1) is 11.3 Å². The maximum Gasteiger partial charge on any atom is 0.101 e. The van der Waals surface area contributed by atoms with E-state index in [1.165, 1.54) is 4.88 Å². The minimum absolute atomic E-state index is 0.145. The topological polar surface area (TPSA) is 25.2 Å². The summed E-state index contributed by atoms with van der Waals surface area (Å²) in [6, 6.07) is 4.19. The van der Waals surface area contributed by atoms with Crippen molar-refractivity contribution in [2.24, 2.45) is 0 Å². The summed E-state index contributed by atoms with van der Waals surface area (Å²) < 4.78 is 6.34. The molecule has 2 heterocycles. The van der Waals surface area contributed by atoms with E-state index in [9.17, 15) is 0 Å². The van der Waals surface area contributed by atoms with Crippen LogP contribution in [0, 0.1) is 6.92 Å². The van der Waals surface area contributed by atoms with Crippen LogP contribution in [-0.2, 0) is 0 Å². The highest BCUT2D eigenvalue weighted by Crippen LogP contribution is 2.37. The van der Waals surface area contributed by atoms with Gasteiger partial charge in [-0.3, -0.25) is 0 Å². The van der Waals surface area contributed by atoms with Crippen LogP contribution in [0.2, 0.25) is 5.02 Å². The number of rotatable bonds is 4. The van der Waals surface area contributed by atoms with E-state index in [4.69, 9.17) is 16.0 Å². The number of hydrogen-bond donors (Lipinski definition) is 1. The third-order valence-corrected chi connectivity index (χ3v) is 4.98. The Morgan fingerprint density at radius 3 is 2.76 bits per heavy atom. The molecule has 0 radical (unpaired) electrons. The van der Waals surface area contributed by atoms with Crippen LogP contribution in [0.4, 0.5) is 0 Å². The van der Waals surface area contributed by atoms with Crippen molar-refractivity contribution >= 4 is 38.9 Å². The van der Waals surface area contributed by atoms with Crippen molar-refractivity contribution < 1.29 is 4.42 Å². The van der Waals surface area contributed by atoms with Gasteiger partial charge in [0, 0.05) is 10.4 Å². The average molecular weight is 335 g/mol. The molecule has 1 atom stereocenters. The average Bonchev–Trinajstić information content (AvgIpc) is 2.83. The van der Waals surface area contributed by atoms with E-state index in [0.29, 0.717) is 0 Å². The van der Waals surface area contributed by atoms with Gasteiger partial charge in [-0.05, 0) is 41.5 Å². The minimum atomic E-state index is 0.145. The van der Waals surface area contributed by atoms with E-state index >= 15 is 0 Å². The summed E-state index contributed by atoms with van der Waals surface area (Å²) in [7, 11) is 0. The highest BCUT2D eigenvalue weighted by molar-refractivity contribution is 9.11. The zero-order chi connectivity index (χ0) is 12.4. The molecule has 0 aliphatic rings. The van der Waals surface area contributed by atoms with Gasteiger partial charge in [-0.25, -0.2) is 0 Å². The molecule has 0 aliphatic carbocycles. The number of halogens is 2. The first-order valence-corrected chi connectivity index (χ1v) is 7.33. The van der Waals surface area contributed by atoms with Crippen LogP contribution in [0.5, 0.6) is 0 Å². The molecule has 0 aromatic carbocycles. The van der Waals surface area contributed by atoms with Gasteiger partial charge in [0.1, 0.15) is 5.76 Å². The smallest absolute Gasteiger partial charge is 0.101 e. The van der Waals surface area contributed by atoms with Gasteiger partial charge >= 0.3 is 0 Å². The summed E-state index contributed by atoms with van der Waals surface area (Å²) in [5.41, 5.74) is 1.13. The Bertz CT molecular complexity index is 489. The van der Waals surface area contributed by atoms with Crippen LogP contribution in [0.1, 0.15) is 29.2 Å². The highest BCUT2D eigenvalue weighted by atomic mass is 79.9. The quantitative estimate of drug-likeness (QED) is 0.871. The largest absolute Gasteiger partial charge is 0.469 e. The maximum atomic E-state index is 6.08. The standard InChI is InChI=1S/C12H13BrClNOS/c1-3-15-11(8-4-7(2)16-6-8)10-5-9(14)12(13)17-10/h4-6,11,15H,3H2,1-2H3. The predicted molar refractivity (Wildman–Crippen MR) is 76.0 cm³/mol. The van der Waals surface area contributed by atoms with Gasteiger partial charge in [-0.1, -0.05) is 18.5 Å². The molecule has 5 heteroatoms. The van der Waals surface area contributed by atoms with Gasteiger partial charge in [0.15, 0.2) is 0 Å². The Morgan fingerprint density at radius 2 is 2.29 bits per heavy atom. The molecule has 0 saturated heterocycles. The SMILES string of the molecule is CCNC(c1coc(C)c1)c1cc(Cl)c(Br)s1. The number of thiophene rings is 1. The predicted octanol–water partition coefficient (Wildman–Crippen LogP) is 4.76. The van der Waals surface area contributed by atoms with Crippen molar-refractivity contribution in [2.75, 3.05) is 6.54 Å². The summed E-state index contributed by atoms with van der Waals surface area (Å²) in [4.78, 5) is 1.18. The summed E-state index contributed by atoms with van der Waals surface area (Å²) in [6.07, 6.45) is 1.80. The summed E-state index contributed by atoms with van der Waals surface area (Å²) >= 11 is 11.2. The first-order chi connectivity index (χ1) is 8.11. The van der Waals surface area contributed by atoms with Crippen LogP contribution in [0.25, 0.3) is 0 Å². The summed E-state index contributed by atoms with van der Waals surface area (Å²) in [5, 5.41) is 4.20. The van der Waals surface area contributed by atoms with Crippen molar-refractivity contribution in [1.29, 1.82) is 0 Å². The fourth-order valence-electron chi connectivity index (χ4n) is 1.71. The van der Waals surface area contributed by atoms with Crippen LogP contribution < -0.4 is 5.32 Å². The molecule has 0 aliphatic heterocycles. The van der Waals surface area contributed by atoms with Crippen molar-refractivity contribution in [3.63, 3.8) is 0 Å². The minimum Gasteiger partial charge on any atom is -0.469 e. The zero-order valence-electron chi connectivity index (χ0n) is 9.59. The van der Waals surface area contributed by atoms with Gasteiger partial charge in [-0.2, -0.15) is 0 Å². The molecule has 0 fully saturated rings. The second-order valence-electron chi connectivity index (χ2n) is 3.75. The van der Waals surface area contributed by atoms with Crippen molar-refractivity contribution in [3.05, 3.63) is 43.4 Å². The molecule has 92 valence electrons. The molecular formula is C12H13BrClNOS. The maximum absolute atomic E-state index is 6.08. The lowest BCUT2D eigenvalue weighted by atomic mass is 10.1. The monoisotopic (exact) mass is 333 g/mol. The Balaban J connectivity index is 2.34. The fourth-order valence-corrected chi connectivity index (χ4v) is 3.56. The van der Waals surface area contributed by atoms with E-state index in [1.807, 2.05) is 13.0 Å². The van der Waals surface area contributed by atoms with Crippen LogP contribution in [0.3, 0.4) is 0 Å². The zero-order valence-corrected chi connectivity index (χ0v) is 12.7. The molecule has 2 rings (SSSR count). The van der Waals surface area contributed by atoms with Crippen LogP contribution >= 0.6 is 38.9 Å². The van der Waals surface area contributed by atoms with Crippen molar-refractivity contribution in [2.45, 2.75) is 19.9 Å². The second kappa shape index (κ2) is 5.57. The summed E-state index contributed by atoms with van der Waals surface area (Å²) in [6.45, 7) is 4.93. The fraction of sp³-hybridized carbons (Fsp3) is 0.333. The third kappa shape index (κ3) is 2.94. The van der Waals surface area contributed by atoms with Gasteiger partial charge < -0.3 is 9.73 Å². The van der Waals surface area contributed by atoms with Crippen molar-refractivity contribution in [3.8, 4) is 0 Å². The normalized spacial score (nSPS) is 12.9. The number of furan rings is 1. The first kappa shape index (κ1) is 13.1. The highest BCUT2D eigenvalue weighted by Gasteiger charge is 2.18. The van der Waals surface area contributed by atoms with E-state index in [-0.39, 0.29) is 6.04 Å². The summed E-state index contributed by atoms with van der Waals surface area (Å²) in [5.74, 6) is 0.921. The molecular weight excluding hydrogens is 322 g/mol. The Morgan fingerprint density at radius 1 is 1.53 bits per heavy atom.